The number of carbonyl (C=O) groups is 1. The van der Waals surface area contributed by atoms with Crippen molar-refractivity contribution in [2.45, 2.75) is 0 Å². The molecule has 0 aromatic heterocycles. The molecule has 0 aliphatic heterocycles. The third-order valence-corrected chi connectivity index (χ3v) is 1.82. The van der Waals surface area contributed by atoms with Crippen molar-refractivity contribution in [3.63, 3.8) is 0 Å². The largest absolute Gasteiger partial charge is 0.494 e. The summed E-state index contributed by atoms with van der Waals surface area (Å²) in [6.07, 6.45) is 0. The third kappa shape index (κ3) is 1.89. The van der Waals surface area contributed by atoms with Gasteiger partial charge in [0.05, 0.1) is 19.8 Å². The molecule has 0 bridgehead atoms. The third-order valence-electron chi connectivity index (χ3n) is 1.82. The number of halogens is 1. The standard InChI is InChI=1S/C10H8FNO3/c1-14-9-6(5-12)3-4-7(11)8(9)10(13)15-2/h3-4H,1-2H3. The van der Waals surface area contributed by atoms with Crippen LogP contribution < -0.4 is 4.74 Å². The highest BCUT2D eigenvalue weighted by atomic mass is 19.1. The Morgan fingerprint density at radius 2 is 2.13 bits per heavy atom. The lowest BCUT2D eigenvalue weighted by Gasteiger charge is -2.08. The van der Waals surface area contributed by atoms with Gasteiger partial charge >= 0.3 is 5.97 Å². The highest BCUT2D eigenvalue weighted by molar-refractivity contribution is 5.93. The van der Waals surface area contributed by atoms with Gasteiger partial charge in [-0.05, 0) is 12.1 Å². The monoisotopic (exact) mass is 209 g/mol. The van der Waals surface area contributed by atoms with Gasteiger partial charge in [-0.15, -0.1) is 0 Å². The van der Waals surface area contributed by atoms with Crippen LogP contribution in [-0.2, 0) is 4.74 Å². The summed E-state index contributed by atoms with van der Waals surface area (Å²) in [5.41, 5.74) is -0.279. The van der Waals surface area contributed by atoms with Crippen LogP contribution in [0.25, 0.3) is 0 Å². The van der Waals surface area contributed by atoms with E-state index in [0.717, 1.165) is 13.2 Å². The van der Waals surface area contributed by atoms with Crippen LogP contribution in [0.3, 0.4) is 0 Å². The van der Waals surface area contributed by atoms with Gasteiger partial charge in [-0.1, -0.05) is 0 Å². The Labute approximate surface area is 85.8 Å². The van der Waals surface area contributed by atoms with Gasteiger partial charge in [-0.2, -0.15) is 5.26 Å². The Morgan fingerprint density at radius 1 is 1.47 bits per heavy atom. The van der Waals surface area contributed by atoms with E-state index in [2.05, 4.69) is 4.74 Å². The number of carbonyl (C=O) groups excluding carboxylic acids is 1. The van der Waals surface area contributed by atoms with E-state index in [-0.39, 0.29) is 16.9 Å². The molecule has 0 N–H and O–H groups in total. The van der Waals surface area contributed by atoms with E-state index in [1.54, 1.807) is 6.07 Å². The predicted octanol–water partition coefficient (Wildman–Crippen LogP) is 1.49. The summed E-state index contributed by atoms with van der Waals surface area (Å²) in [5.74, 6) is -1.76. The van der Waals surface area contributed by atoms with E-state index in [9.17, 15) is 9.18 Å². The maximum atomic E-state index is 13.3. The van der Waals surface area contributed by atoms with Gasteiger partial charge in [0, 0.05) is 0 Å². The molecule has 0 atom stereocenters. The van der Waals surface area contributed by atoms with Crippen molar-refractivity contribution in [1.29, 1.82) is 5.26 Å². The van der Waals surface area contributed by atoms with Crippen molar-refractivity contribution in [3.8, 4) is 11.8 Å². The lowest BCUT2D eigenvalue weighted by atomic mass is 10.1. The highest BCUT2D eigenvalue weighted by Crippen LogP contribution is 2.26. The predicted molar refractivity (Wildman–Crippen MR) is 49.0 cm³/mol. The second kappa shape index (κ2) is 4.42. The number of hydrogen-bond donors (Lipinski definition) is 0. The second-order valence-electron chi connectivity index (χ2n) is 2.61. The smallest absolute Gasteiger partial charge is 0.344 e. The van der Waals surface area contributed by atoms with Crippen LogP contribution in [0.15, 0.2) is 12.1 Å². The summed E-state index contributed by atoms with van der Waals surface area (Å²) in [5, 5.41) is 8.71. The molecule has 0 radical (unpaired) electrons. The molecule has 0 amide bonds. The zero-order valence-corrected chi connectivity index (χ0v) is 8.20. The molecule has 1 rings (SSSR count). The van der Waals surface area contributed by atoms with Gasteiger partial charge in [0.25, 0.3) is 0 Å². The quantitative estimate of drug-likeness (QED) is 0.692. The van der Waals surface area contributed by atoms with E-state index in [1.165, 1.54) is 13.2 Å². The van der Waals surface area contributed by atoms with Gasteiger partial charge in [0.1, 0.15) is 17.4 Å². The van der Waals surface area contributed by atoms with Crippen LogP contribution in [0, 0.1) is 17.1 Å². The molecular formula is C10H8FNO3. The Kier molecular flexibility index (Phi) is 3.24. The number of nitriles is 1. The summed E-state index contributed by atoms with van der Waals surface area (Å²) in [7, 11) is 2.38. The first-order valence-corrected chi connectivity index (χ1v) is 4.00. The fraction of sp³-hybridized carbons (Fsp3) is 0.200. The van der Waals surface area contributed by atoms with Crippen molar-refractivity contribution in [3.05, 3.63) is 29.1 Å². The van der Waals surface area contributed by atoms with Crippen molar-refractivity contribution in [2.75, 3.05) is 14.2 Å². The van der Waals surface area contributed by atoms with Gasteiger partial charge in [-0.25, -0.2) is 9.18 Å². The van der Waals surface area contributed by atoms with Gasteiger partial charge < -0.3 is 9.47 Å². The number of hydrogen-bond acceptors (Lipinski definition) is 4. The zero-order valence-electron chi connectivity index (χ0n) is 8.20. The fourth-order valence-corrected chi connectivity index (χ4v) is 1.15. The van der Waals surface area contributed by atoms with Gasteiger partial charge in [-0.3, -0.25) is 0 Å². The number of esters is 1. The maximum Gasteiger partial charge on any atom is 0.344 e. The lowest BCUT2D eigenvalue weighted by molar-refractivity contribution is 0.0591. The first-order chi connectivity index (χ1) is 7.15. The number of nitrogens with zero attached hydrogens (tertiary/aromatic N) is 1. The Hall–Kier alpha value is -2.09. The molecule has 0 unspecified atom stereocenters. The van der Waals surface area contributed by atoms with Crippen molar-refractivity contribution < 1.29 is 18.7 Å². The molecule has 0 saturated carbocycles. The van der Waals surface area contributed by atoms with Crippen LogP contribution in [0.4, 0.5) is 4.39 Å². The fourth-order valence-electron chi connectivity index (χ4n) is 1.15. The minimum Gasteiger partial charge on any atom is -0.494 e. The molecule has 4 nitrogen and oxygen atoms in total. The summed E-state index contributed by atoms with van der Waals surface area (Å²) in [6, 6.07) is 4.05. The summed E-state index contributed by atoms with van der Waals surface area (Å²) in [4.78, 5) is 11.2. The average molecular weight is 209 g/mol. The van der Waals surface area contributed by atoms with E-state index in [4.69, 9.17) is 10.00 Å². The van der Waals surface area contributed by atoms with Gasteiger partial charge in [0.15, 0.2) is 5.75 Å². The van der Waals surface area contributed by atoms with Crippen molar-refractivity contribution in [2.24, 2.45) is 0 Å². The minimum atomic E-state index is -0.874. The molecule has 0 heterocycles. The molecule has 0 aliphatic rings. The topological polar surface area (TPSA) is 59.3 Å². The van der Waals surface area contributed by atoms with Crippen LogP contribution >= 0.6 is 0 Å². The van der Waals surface area contributed by atoms with Gasteiger partial charge in [0.2, 0.25) is 0 Å². The second-order valence-corrected chi connectivity index (χ2v) is 2.61. The van der Waals surface area contributed by atoms with E-state index < -0.39 is 11.8 Å². The van der Waals surface area contributed by atoms with Crippen LogP contribution in [0.1, 0.15) is 15.9 Å². The number of methoxy groups -OCH3 is 2. The van der Waals surface area contributed by atoms with E-state index >= 15 is 0 Å². The SMILES string of the molecule is COC(=O)c1c(F)ccc(C#N)c1OC. The normalized spacial score (nSPS) is 9.20. The number of benzene rings is 1. The highest BCUT2D eigenvalue weighted by Gasteiger charge is 2.21. The summed E-state index contributed by atoms with van der Waals surface area (Å²) < 4.78 is 22.5. The molecular weight excluding hydrogens is 201 g/mol. The molecule has 5 heteroatoms. The maximum absolute atomic E-state index is 13.3. The molecule has 0 spiro atoms. The average Bonchev–Trinajstić information content (AvgIpc) is 2.27. The first kappa shape index (κ1) is 11.0. The van der Waals surface area contributed by atoms with Crippen LogP contribution in [-0.4, -0.2) is 20.2 Å². The Morgan fingerprint density at radius 3 is 2.60 bits per heavy atom. The molecule has 0 fully saturated rings. The first-order valence-electron chi connectivity index (χ1n) is 4.00. The molecule has 1 aromatic rings. The summed E-state index contributed by atoms with van der Waals surface area (Å²) in [6.45, 7) is 0. The summed E-state index contributed by atoms with van der Waals surface area (Å²) >= 11 is 0. The van der Waals surface area contributed by atoms with Crippen molar-refractivity contribution >= 4 is 5.97 Å². The Bertz CT molecular complexity index is 437. The van der Waals surface area contributed by atoms with Crippen molar-refractivity contribution in [1.82, 2.24) is 0 Å². The van der Waals surface area contributed by atoms with E-state index in [0.29, 0.717) is 0 Å². The zero-order chi connectivity index (χ0) is 11.4. The lowest BCUT2D eigenvalue weighted by Crippen LogP contribution is -2.08. The van der Waals surface area contributed by atoms with Crippen LogP contribution in [0.5, 0.6) is 5.75 Å². The minimum absolute atomic E-state index is 0.0827. The molecule has 0 aliphatic carbocycles. The molecule has 0 saturated heterocycles. The molecule has 1 aromatic carbocycles. The van der Waals surface area contributed by atoms with E-state index in [1.807, 2.05) is 0 Å². The number of ether oxygens (including phenoxy) is 2. The molecule has 78 valence electrons. The molecule has 15 heavy (non-hydrogen) atoms. The van der Waals surface area contributed by atoms with Crippen LogP contribution in [0.2, 0.25) is 0 Å². The number of rotatable bonds is 2. The Balaban J connectivity index is 3.47.